The van der Waals surface area contributed by atoms with Crippen LogP contribution in [0.4, 0.5) is 5.69 Å². The van der Waals surface area contributed by atoms with E-state index in [4.69, 9.17) is 5.11 Å². The molecule has 5 heteroatoms. The second-order valence-corrected chi connectivity index (χ2v) is 5.72. The third-order valence-electron chi connectivity index (χ3n) is 3.03. The monoisotopic (exact) mass is 280 g/mol. The van der Waals surface area contributed by atoms with E-state index < -0.39 is 0 Å². The predicted molar refractivity (Wildman–Crippen MR) is 78.5 cm³/mol. The average molecular weight is 280 g/mol. The smallest absolute Gasteiger partial charge is 0.246 e. The lowest BCUT2D eigenvalue weighted by Crippen LogP contribution is -2.27. The summed E-state index contributed by atoms with van der Waals surface area (Å²) in [4.78, 5) is 13.0. The zero-order valence-electron chi connectivity index (χ0n) is 11.1. The number of rotatable bonds is 7. The Morgan fingerprint density at radius 1 is 1.47 bits per heavy atom. The van der Waals surface area contributed by atoms with E-state index >= 15 is 0 Å². The molecule has 0 aromatic heterocycles. The lowest BCUT2D eigenvalue weighted by Gasteiger charge is -2.10. The highest BCUT2D eigenvalue weighted by molar-refractivity contribution is 7.99. The molecule has 2 rings (SSSR count). The Morgan fingerprint density at radius 2 is 2.32 bits per heavy atom. The standard InChI is InChI=1S/C14H20N2O2S/c1-2-6-15-13-11-5-4-10(19-8-3-7-17)9-12(11)16-14(13)18/h4-5,9,13,15,17H,2-3,6-8H2,1H3,(H,16,18). The van der Waals surface area contributed by atoms with Crippen LogP contribution < -0.4 is 10.6 Å². The lowest BCUT2D eigenvalue weighted by molar-refractivity contribution is -0.117. The number of anilines is 1. The minimum absolute atomic E-state index is 0.0287. The first-order valence-electron chi connectivity index (χ1n) is 6.68. The number of aliphatic hydroxyl groups is 1. The van der Waals surface area contributed by atoms with Crippen LogP contribution in [0.15, 0.2) is 23.1 Å². The molecule has 0 fully saturated rings. The number of hydrogen-bond acceptors (Lipinski definition) is 4. The summed E-state index contributed by atoms with van der Waals surface area (Å²) in [6.45, 7) is 3.14. The van der Waals surface area contributed by atoms with Crippen molar-refractivity contribution in [1.29, 1.82) is 0 Å². The first-order chi connectivity index (χ1) is 9.26. The first-order valence-corrected chi connectivity index (χ1v) is 7.66. The van der Waals surface area contributed by atoms with Crippen molar-refractivity contribution in [3.8, 4) is 0 Å². The van der Waals surface area contributed by atoms with Gasteiger partial charge in [-0.05, 0) is 31.5 Å². The van der Waals surface area contributed by atoms with E-state index in [0.29, 0.717) is 0 Å². The van der Waals surface area contributed by atoms with Crippen LogP contribution in [0.2, 0.25) is 0 Å². The number of aliphatic hydroxyl groups excluding tert-OH is 1. The van der Waals surface area contributed by atoms with E-state index in [9.17, 15) is 4.79 Å². The minimum Gasteiger partial charge on any atom is -0.396 e. The van der Waals surface area contributed by atoms with Gasteiger partial charge < -0.3 is 15.7 Å². The molecule has 1 aliphatic rings. The van der Waals surface area contributed by atoms with E-state index in [0.717, 1.165) is 41.3 Å². The van der Waals surface area contributed by atoms with Gasteiger partial charge in [0.15, 0.2) is 0 Å². The Morgan fingerprint density at radius 3 is 3.05 bits per heavy atom. The van der Waals surface area contributed by atoms with Crippen LogP contribution in [0.1, 0.15) is 31.4 Å². The van der Waals surface area contributed by atoms with Crippen molar-refractivity contribution in [2.45, 2.75) is 30.7 Å². The first kappa shape index (κ1) is 14.4. The highest BCUT2D eigenvalue weighted by Gasteiger charge is 2.29. The molecule has 1 unspecified atom stereocenters. The van der Waals surface area contributed by atoms with Crippen LogP contribution >= 0.6 is 11.8 Å². The topological polar surface area (TPSA) is 61.4 Å². The van der Waals surface area contributed by atoms with E-state index in [2.05, 4.69) is 17.6 Å². The summed E-state index contributed by atoms with van der Waals surface area (Å²) in [7, 11) is 0. The quantitative estimate of drug-likeness (QED) is 0.529. The number of nitrogens with one attached hydrogen (secondary N) is 2. The Labute approximate surface area is 118 Å². The Hall–Kier alpha value is -1.04. The van der Waals surface area contributed by atoms with Gasteiger partial charge in [0.2, 0.25) is 5.91 Å². The molecule has 104 valence electrons. The number of hydrogen-bond donors (Lipinski definition) is 3. The van der Waals surface area contributed by atoms with Crippen LogP contribution in [-0.4, -0.2) is 29.9 Å². The molecule has 0 saturated heterocycles. The summed E-state index contributed by atoms with van der Waals surface area (Å²) in [5, 5.41) is 15.0. The fourth-order valence-electron chi connectivity index (χ4n) is 2.08. The van der Waals surface area contributed by atoms with Gasteiger partial charge in [0.25, 0.3) is 0 Å². The molecule has 19 heavy (non-hydrogen) atoms. The number of carbonyl (C=O) groups is 1. The normalized spacial score (nSPS) is 17.4. The molecule has 3 N–H and O–H groups in total. The largest absolute Gasteiger partial charge is 0.396 e. The molecule has 1 aliphatic heterocycles. The fraction of sp³-hybridized carbons (Fsp3) is 0.500. The molecule has 0 saturated carbocycles. The number of fused-ring (bicyclic) bond motifs is 1. The highest BCUT2D eigenvalue weighted by atomic mass is 32.2. The lowest BCUT2D eigenvalue weighted by atomic mass is 10.1. The van der Waals surface area contributed by atoms with E-state index in [1.807, 2.05) is 18.2 Å². The van der Waals surface area contributed by atoms with Gasteiger partial charge in [-0.15, -0.1) is 11.8 Å². The van der Waals surface area contributed by atoms with Crippen molar-refractivity contribution >= 4 is 23.4 Å². The zero-order valence-corrected chi connectivity index (χ0v) is 11.9. The van der Waals surface area contributed by atoms with Crippen molar-refractivity contribution < 1.29 is 9.90 Å². The Kier molecular flexibility index (Phi) is 5.24. The molecule has 1 aromatic rings. The van der Waals surface area contributed by atoms with Crippen molar-refractivity contribution in [2.75, 3.05) is 24.2 Å². The van der Waals surface area contributed by atoms with Gasteiger partial charge in [-0.3, -0.25) is 4.79 Å². The second kappa shape index (κ2) is 6.93. The number of amides is 1. The summed E-state index contributed by atoms with van der Waals surface area (Å²) in [5.41, 5.74) is 1.94. The molecule has 0 radical (unpaired) electrons. The molecule has 1 heterocycles. The molecule has 0 aliphatic carbocycles. The summed E-state index contributed by atoms with van der Waals surface area (Å²) in [6, 6.07) is 5.86. The zero-order chi connectivity index (χ0) is 13.7. The molecular formula is C14H20N2O2S. The van der Waals surface area contributed by atoms with Gasteiger partial charge in [-0.25, -0.2) is 0 Å². The predicted octanol–water partition coefficient (Wildman–Crippen LogP) is 2.15. The minimum atomic E-state index is -0.216. The van der Waals surface area contributed by atoms with E-state index in [1.165, 1.54) is 0 Å². The molecule has 1 aromatic carbocycles. The van der Waals surface area contributed by atoms with Gasteiger partial charge in [0, 0.05) is 28.5 Å². The molecular weight excluding hydrogens is 260 g/mol. The maximum atomic E-state index is 11.9. The van der Waals surface area contributed by atoms with Crippen LogP contribution in [0.3, 0.4) is 0 Å². The number of carbonyl (C=O) groups excluding carboxylic acids is 1. The number of thioether (sulfide) groups is 1. The summed E-state index contributed by atoms with van der Waals surface area (Å²) >= 11 is 1.70. The van der Waals surface area contributed by atoms with Crippen molar-refractivity contribution in [1.82, 2.24) is 5.32 Å². The van der Waals surface area contributed by atoms with Gasteiger partial charge in [-0.1, -0.05) is 13.0 Å². The Balaban J connectivity index is 2.06. The van der Waals surface area contributed by atoms with Gasteiger partial charge >= 0.3 is 0 Å². The molecule has 1 atom stereocenters. The van der Waals surface area contributed by atoms with Crippen LogP contribution in [0.25, 0.3) is 0 Å². The molecule has 1 amide bonds. The summed E-state index contributed by atoms with van der Waals surface area (Å²) < 4.78 is 0. The second-order valence-electron chi connectivity index (χ2n) is 4.55. The number of benzene rings is 1. The van der Waals surface area contributed by atoms with Gasteiger partial charge in [0.1, 0.15) is 6.04 Å². The van der Waals surface area contributed by atoms with Gasteiger partial charge in [-0.2, -0.15) is 0 Å². The van der Waals surface area contributed by atoms with Crippen molar-refractivity contribution in [2.24, 2.45) is 0 Å². The Bertz CT molecular complexity index is 451. The van der Waals surface area contributed by atoms with Crippen LogP contribution in [0, 0.1) is 0 Å². The SMILES string of the molecule is CCCNC1C(=O)Nc2cc(SCCCO)ccc21. The summed E-state index contributed by atoms with van der Waals surface area (Å²) in [6.07, 6.45) is 1.79. The highest BCUT2D eigenvalue weighted by Crippen LogP contribution is 2.34. The van der Waals surface area contributed by atoms with Crippen molar-refractivity contribution in [3.63, 3.8) is 0 Å². The third-order valence-corrected chi connectivity index (χ3v) is 4.11. The van der Waals surface area contributed by atoms with E-state index in [-0.39, 0.29) is 18.6 Å². The van der Waals surface area contributed by atoms with Crippen LogP contribution in [0.5, 0.6) is 0 Å². The maximum Gasteiger partial charge on any atom is 0.246 e. The molecule has 4 nitrogen and oxygen atoms in total. The van der Waals surface area contributed by atoms with E-state index in [1.54, 1.807) is 11.8 Å². The van der Waals surface area contributed by atoms with Crippen LogP contribution in [-0.2, 0) is 4.79 Å². The van der Waals surface area contributed by atoms with Crippen molar-refractivity contribution in [3.05, 3.63) is 23.8 Å². The molecule has 0 spiro atoms. The fourth-order valence-corrected chi connectivity index (χ4v) is 2.95. The maximum absolute atomic E-state index is 11.9. The third kappa shape index (κ3) is 3.49. The average Bonchev–Trinajstić information content (AvgIpc) is 2.71. The van der Waals surface area contributed by atoms with Gasteiger partial charge in [0.05, 0.1) is 0 Å². The summed E-state index contributed by atoms with van der Waals surface area (Å²) in [5.74, 6) is 0.918. The molecule has 0 bridgehead atoms.